The third-order valence-electron chi connectivity index (χ3n) is 5.43. The molecule has 2 aromatic carbocycles. The zero-order valence-electron chi connectivity index (χ0n) is 19.7. The number of fused-ring (bicyclic) bond motifs is 1. The van der Waals surface area contributed by atoms with Gasteiger partial charge >= 0.3 is 0 Å². The minimum Gasteiger partial charge on any atom is -0.493 e. The molecule has 4 aromatic rings. The molecule has 0 aliphatic rings. The lowest BCUT2D eigenvalue weighted by Crippen LogP contribution is -2.23. The highest BCUT2D eigenvalue weighted by Crippen LogP contribution is 2.29. The van der Waals surface area contributed by atoms with E-state index in [0.717, 1.165) is 24.0 Å². The molecular formula is C26H29N3O3S. The number of benzene rings is 2. The van der Waals surface area contributed by atoms with Gasteiger partial charge in [0.25, 0.3) is 5.56 Å². The number of nitrogens with zero attached hydrogens (tertiary/aromatic N) is 3. The molecule has 0 atom stereocenters. The molecule has 0 amide bonds. The maximum absolute atomic E-state index is 12.9. The average molecular weight is 464 g/mol. The fourth-order valence-electron chi connectivity index (χ4n) is 3.45. The van der Waals surface area contributed by atoms with Crippen molar-refractivity contribution >= 4 is 22.4 Å². The van der Waals surface area contributed by atoms with Gasteiger partial charge in [-0.05, 0) is 41.2 Å². The normalized spacial score (nSPS) is 12.5. The zero-order chi connectivity index (χ0) is 23.6. The predicted octanol–water partition coefficient (Wildman–Crippen LogP) is 4.85. The molecule has 4 rings (SSSR count). The fraction of sp³-hybridized carbons (Fsp3) is 0.346. The third kappa shape index (κ3) is 4.93. The van der Waals surface area contributed by atoms with E-state index >= 15 is 0 Å². The minimum atomic E-state index is -0.178. The molecule has 0 saturated heterocycles. The molecule has 0 aliphatic heterocycles. The quantitative estimate of drug-likeness (QED) is 0.367. The molecule has 7 heteroatoms. The van der Waals surface area contributed by atoms with Crippen molar-refractivity contribution in [3.8, 4) is 22.9 Å². The standard InChI is InChI=1S/C26H29N3O3S/c1-6-7-14-32-20-13-8-17(15-21(20)31-5)16-22-24(30)29-25(33-22)27-23(28-29)18-9-11-19(12-10-18)26(2,3)4/h8-13,15-16H,6-7,14H2,1-5H3/b22-16+. The molecular weight excluding hydrogens is 434 g/mol. The molecule has 0 spiro atoms. The van der Waals surface area contributed by atoms with Crippen LogP contribution in [-0.4, -0.2) is 28.3 Å². The van der Waals surface area contributed by atoms with E-state index in [4.69, 9.17) is 9.47 Å². The molecule has 0 N–H and O–H groups in total. The van der Waals surface area contributed by atoms with Crippen LogP contribution in [0.1, 0.15) is 51.7 Å². The summed E-state index contributed by atoms with van der Waals surface area (Å²) in [6.07, 6.45) is 3.89. The Labute approximate surface area is 197 Å². The summed E-state index contributed by atoms with van der Waals surface area (Å²) in [6.45, 7) is 9.30. The summed E-state index contributed by atoms with van der Waals surface area (Å²) in [5, 5.41) is 4.47. The number of methoxy groups -OCH3 is 1. The van der Waals surface area contributed by atoms with Crippen LogP contribution < -0.4 is 19.6 Å². The Morgan fingerprint density at radius 2 is 1.85 bits per heavy atom. The van der Waals surface area contributed by atoms with Crippen LogP contribution in [0.3, 0.4) is 0 Å². The molecule has 0 unspecified atom stereocenters. The number of ether oxygens (including phenoxy) is 2. The van der Waals surface area contributed by atoms with Crippen molar-refractivity contribution in [3.63, 3.8) is 0 Å². The summed E-state index contributed by atoms with van der Waals surface area (Å²) in [5.74, 6) is 1.91. The van der Waals surface area contributed by atoms with Crippen molar-refractivity contribution in [2.24, 2.45) is 0 Å². The average Bonchev–Trinajstić information content (AvgIpc) is 3.33. The largest absolute Gasteiger partial charge is 0.493 e. The molecule has 0 aliphatic carbocycles. The van der Waals surface area contributed by atoms with Crippen LogP contribution in [-0.2, 0) is 5.41 Å². The topological polar surface area (TPSA) is 65.7 Å². The highest BCUT2D eigenvalue weighted by atomic mass is 32.1. The lowest BCUT2D eigenvalue weighted by atomic mass is 9.87. The summed E-state index contributed by atoms with van der Waals surface area (Å²) in [5.41, 5.74) is 2.89. The first-order valence-electron chi connectivity index (χ1n) is 11.1. The van der Waals surface area contributed by atoms with Crippen molar-refractivity contribution in [1.29, 1.82) is 0 Å². The first-order valence-corrected chi connectivity index (χ1v) is 11.9. The van der Waals surface area contributed by atoms with Gasteiger partial charge in [-0.3, -0.25) is 4.79 Å². The highest BCUT2D eigenvalue weighted by Gasteiger charge is 2.16. The molecule has 33 heavy (non-hydrogen) atoms. The van der Waals surface area contributed by atoms with Gasteiger partial charge in [-0.15, -0.1) is 5.10 Å². The summed E-state index contributed by atoms with van der Waals surface area (Å²) in [7, 11) is 1.61. The number of rotatable bonds is 7. The summed E-state index contributed by atoms with van der Waals surface area (Å²) >= 11 is 1.33. The molecule has 0 bridgehead atoms. The molecule has 2 aromatic heterocycles. The lowest BCUT2D eigenvalue weighted by molar-refractivity contribution is 0.288. The Bertz CT molecular complexity index is 1370. The van der Waals surface area contributed by atoms with Crippen molar-refractivity contribution < 1.29 is 9.47 Å². The second kappa shape index (κ2) is 9.35. The number of hydrogen-bond acceptors (Lipinski definition) is 6. The van der Waals surface area contributed by atoms with E-state index in [0.29, 0.717) is 33.4 Å². The Balaban J connectivity index is 1.63. The van der Waals surface area contributed by atoms with Crippen LogP contribution >= 0.6 is 11.3 Å². The van der Waals surface area contributed by atoms with E-state index in [-0.39, 0.29) is 11.0 Å². The van der Waals surface area contributed by atoms with E-state index in [2.05, 4.69) is 49.9 Å². The van der Waals surface area contributed by atoms with E-state index in [1.165, 1.54) is 21.4 Å². The number of aromatic nitrogens is 3. The van der Waals surface area contributed by atoms with Crippen LogP contribution in [0, 0.1) is 0 Å². The molecule has 6 nitrogen and oxygen atoms in total. The van der Waals surface area contributed by atoms with Crippen molar-refractivity contribution in [3.05, 3.63) is 68.5 Å². The van der Waals surface area contributed by atoms with Gasteiger partial charge in [0, 0.05) is 5.56 Å². The summed E-state index contributed by atoms with van der Waals surface area (Å²) in [6, 6.07) is 13.9. The van der Waals surface area contributed by atoms with Gasteiger partial charge in [0.2, 0.25) is 4.96 Å². The summed E-state index contributed by atoms with van der Waals surface area (Å²) in [4.78, 5) is 18.1. The number of unbranched alkanes of at least 4 members (excludes halogenated alkanes) is 1. The van der Waals surface area contributed by atoms with E-state index < -0.39 is 0 Å². The smallest absolute Gasteiger partial charge is 0.291 e. The van der Waals surface area contributed by atoms with Gasteiger partial charge < -0.3 is 9.47 Å². The molecule has 0 radical (unpaired) electrons. The van der Waals surface area contributed by atoms with Gasteiger partial charge in [0.05, 0.1) is 18.2 Å². The van der Waals surface area contributed by atoms with Gasteiger partial charge in [0.15, 0.2) is 17.3 Å². The van der Waals surface area contributed by atoms with Crippen LogP contribution in [0.25, 0.3) is 22.4 Å². The maximum atomic E-state index is 12.9. The van der Waals surface area contributed by atoms with E-state index in [1.807, 2.05) is 36.4 Å². The van der Waals surface area contributed by atoms with Gasteiger partial charge in [0.1, 0.15) is 0 Å². The van der Waals surface area contributed by atoms with Gasteiger partial charge in [-0.1, -0.05) is 75.8 Å². The van der Waals surface area contributed by atoms with Crippen LogP contribution in [0.15, 0.2) is 47.3 Å². The maximum Gasteiger partial charge on any atom is 0.291 e. The Kier molecular flexibility index (Phi) is 6.51. The second-order valence-electron chi connectivity index (χ2n) is 8.99. The van der Waals surface area contributed by atoms with Crippen LogP contribution in [0.4, 0.5) is 0 Å². The minimum absolute atomic E-state index is 0.0793. The SMILES string of the molecule is CCCCOc1ccc(/C=c2/sc3nc(-c4ccc(C(C)(C)C)cc4)nn3c2=O)cc1OC. The Hall–Kier alpha value is -3.19. The van der Waals surface area contributed by atoms with Crippen molar-refractivity contribution in [2.45, 2.75) is 46.0 Å². The molecule has 0 fully saturated rings. The second-order valence-corrected chi connectivity index (χ2v) is 9.99. The summed E-state index contributed by atoms with van der Waals surface area (Å²) < 4.78 is 13.2. The first-order chi connectivity index (χ1) is 15.8. The van der Waals surface area contributed by atoms with Gasteiger partial charge in [-0.2, -0.15) is 9.50 Å². The number of thiazole rings is 1. The van der Waals surface area contributed by atoms with Crippen LogP contribution in [0.5, 0.6) is 11.5 Å². The van der Waals surface area contributed by atoms with Gasteiger partial charge in [-0.25, -0.2) is 0 Å². The third-order valence-corrected chi connectivity index (χ3v) is 6.39. The number of hydrogen-bond donors (Lipinski definition) is 0. The molecule has 2 heterocycles. The molecule has 0 saturated carbocycles. The predicted molar refractivity (Wildman–Crippen MR) is 133 cm³/mol. The Morgan fingerprint density at radius 3 is 2.48 bits per heavy atom. The fourth-order valence-corrected chi connectivity index (χ4v) is 4.35. The van der Waals surface area contributed by atoms with E-state index in [9.17, 15) is 4.79 Å². The van der Waals surface area contributed by atoms with Crippen LogP contribution in [0.2, 0.25) is 0 Å². The highest BCUT2D eigenvalue weighted by molar-refractivity contribution is 7.15. The monoisotopic (exact) mass is 463 g/mol. The van der Waals surface area contributed by atoms with Crippen molar-refractivity contribution in [2.75, 3.05) is 13.7 Å². The zero-order valence-corrected chi connectivity index (χ0v) is 20.5. The molecule has 172 valence electrons. The first kappa shape index (κ1) is 23.0. The Morgan fingerprint density at radius 1 is 1.09 bits per heavy atom. The lowest BCUT2D eigenvalue weighted by Gasteiger charge is -2.18. The van der Waals surface area contributed by atoms with Crippen molar-refractivity contribution in [1.82, 2.24) is 14.6 Å². The van der Waals surface area contributed by atoms with E-state index in [1.54, 1.807) is 7.11 Å².